The number of rotatable bonds is 5. The van der Waals surface area contributed by atoms with Gasteiger partial charge < -0.3 is 9.73 Å². The van der Waals surface area contributed by atoms with Gasteiger partial charge in [0.15, 0.2) is 11.6 Å². The molecule has 2 rings (SSSR count). The largest absolute Gasteiger partial charge is 0.452 e. The second-order valence-electron chi connectivity index (χ2n) is 4.78. The Labute approximate surface area is 145 Å². The van der Waals surface area contributed by atoms with Crippen molar-refractivity contribution in [1.29, 1.82) is 0 Å². The summed E-state index contributed by atoms with van der Waals surface area (Å²) in [5.41, 5.74) is -0.0526. The van der Waals surface area contributed by atoms with E-state index < -0.39 is 23.5 Å². The van der Waals surface area contributed by atoms with Crippen molar-refractivity contribution in [2.75, 3.05) is 5.75 Å². The van der Waals surface area contributed by atoms with Crippen LogP contribution in [0.25, 0.3) is 0 Å². The number of thioether (sulfide) groups is 1. The van der Waals surface area contributed by atoms with E-state index in [1.165, 1.54) is 6.92 Å². The number of carbonyl (C=O) groups excluding carboxylic acids is 1. The summed E-state index contributed by atoms with van der Waals surface area (Å²) < 4.78 is 43.1. The first-order valence-electron chi connectivity index (χ1n) is 6.96. The second kappa shape index (κ2) is 7.48. The third-order valence-electron chi connectivity index (χ3n) is 2.97. The van der Waals surface area contributed by atoms with Crippen molar-refractivity contribution >= 4 is 29.3 Å². The number of oxazole rings is 1. The highest BCUT2D eigenvalue weighted by Gasteiger charge is 2.41. The zero-order valence-electron chi connectivity index (χ0n) is 12.8. The molecule has 0 spiro atoms. The van der Waals surface area contributed by atoms with Crippen LogP contribution in [0, 0.1) is 6.92 Å². The molecule has 24 heavy (non-hydrogen) atoms. The van der Waals surface area contributed by atoms with Crippen molar-refractivity contribution in [2.24, 2.45) is 0 Å². The van der Waals surface area contributed by atoms with Gasteiger partial charge in [-0.2, -0.15) is 13.2 Å². The van der Waals surface area contributed by atoms with E-state index in [1.807, 2.05) is 6.92 Å². The van der Waals surface area contributed by atoms with Crippen molar-refractivity contribution in [2.45, 2.75) is 31.5 Å². The SMILES string of the molecule is CCSc1ccc(Cl)cc1CNC(=O)c1nc(C)oc1C(F)(F)F. The highest BCUT2D eigenvalue weighted by Crippen LogP contribution is 2.32. The average molecular weight is 379 g/mol. The fraction of sp³-hybridized carbons (Fsp3) is 0.333. The van der Waals surface area contributed by atoms with Crippen molar-refractivity contribution < 1.29 is 22.4 Å². The lowest BCUT2D eigenvalue weighted by molar-refractivity contribution is -0.153. The van der Waals surface area contributed by atoms with Gasteiger partial charge in [-0.05, 0) is 29.5 Å². The van der Waals surface area contributed by atoms with Gasteiger partial charge in [-0.3, -0.25) is 4.79 Å². The normalized spacial score (nSPS) is 11.6. The van der Waals surface area contributed by atoms with E-state index in [2.05, 4.69) is 14.7 Å². The van der Waals surface area contributed by atoms with Gasteiger partial charge in [0.05, 0.1) is 0 Å². The molecule has 1 aromatic carbocycles. The van der Waals surface area contributed by atoms with Gasteiger partial charge >= 0.3 is 6.18 Å². The van der Waals surface area contributed by atoms with E-state index in [0.29, 0.717) is 5.02 Å². The maximum Gasteiger partial charge on any atom is 0.452 e. The molecule has 0 radical (unpaired) electrons. The molecule has 2 aromatic rings. The first kappa shape index (κ1) is 18.7. The average Bonchev–Trinajstić information content (AvgIpc) is 2.89. The van der Waals surface area contributed by atoms with Gasteiger partial charge in [-0.1, -0.05) is 18.5 Å². The quantitative estimate of drug-likeness (QED) is 0.766. The number of hydrogen-bond acceptors (Lipinski definition) is 4. The molecule has 1 heterocycles. The molecule has 0 unspecified atom stereocenters. The lowest BCUT2D eigenvalue weighted by Crippen LogP contribution is -2.26. The summed E-state index contributed by atoms with van der Waals surface area (Å²) >= 11 is 7.49. The first-order chi connectivity index (χ1) is 11.2. The number of benzene rings is 1. The van der Waals surface area contributed by atoms with Gasteiger partial charge in [0.1, 0.15) is 0 Å². The molecule has 0 bridgehead atoms. The highest BCUT2D eigenvalue weighted by atomic mass is 35.5. The molecule has 1 aromatic heterocycles. The van der Waals surface area contributed by atoms with E-state index in [9.17, 15) is 18.0 Å². The van der Waals surface area contributed by atoms with Crippen molar-refractivity contribution in [3.8, 4) is 0 Å². The standard InChI is InChI=1S/C15H14ClF3N2O2S/c1-3-24-11-5-4-10(16)6-9(11)7-20-14(22)12-13(15(17,18)19)23-8(2)21-12/h4-6H,3,7H2,1-2H3,(H,20,22). The molecule has 1 N–H and O–H groups in total. The van der Waals surface area contributed by atoms with Crippen LogP contribution in [0.2, 0.25) is 5.02 Å². The first-order valence-corrected chi connectivity index (χ1v) is 8.32. The molecular weight excluding hydrogens is 365 g/mol. The number of halogens is 4. The molecule has 9 heteroatoms. The molecule has 4 nitrogen and oxygen atoms in total. The molecule has 0 aliphatic carbocycles. The fourth-order valence-electron chi connectivity index (χ4n) is 2.01. The number of hydrogen-bond donors (Lipinski definition) is 1. The van der Waals surface area contributed by atoms with Crippen molar-refractivity contribution in [3.63, 3.8) is 0 Å². The molecule has 0 atom stereocenters. The number of nitrogens with zero attached hydrogens (tertiary/aromatic N) is 1. The number of alkyl halides is 3. The summed E-state index contributed by atoms with van der Waals surface area (Å²) in [5, 5.41) is 2.91. The molecule has 0 saturated carbocycles. The van der Waals surface area contributed by atoms with Crippen molar-refractivity contribution in [3.05, 3.63) is 46.1 Å². The zero-order valence-corrected chi connectivity index (χ0v) is 14.4. The number of nitrogens with one attached hydrogen (secondary N) is 1. The van der Waals surface area contributed by atoms with E-state index in [1.54, 1.807) is 30.0 Å². The Morgan fingerprint density at radius 1 is 1.42 bits per heavy atom. The van der Waals surface area contributed by atoms with Crippen LogP contribution in [0.5, 0.6) is 0 Å². The third-order valence-corrected chi connectivity index (χ3v) is 4.20. The van der Waals surface area contributed by atoms with E-state index in [4.69, 9.17) is 11.6 Å². The molecule has 0 aliphatic rings. The van der Waals surface area contributed by atoms with Crippen LogP contribution in [-0.4, -0.2) is 16.6 Å². The topological polar surface area (TPSA) is 55.1 Å². The maximum absolute atomic E-state index is 12.9. The Balaban J connectivity index is 2.19. The minimum atomic E-state index is -4.78. The highest BCUT2D eigenvalue weighted by molar-refractivity contribution is 7.99. The van der Waals surface area contributed by atoms with Gasteiger partial charge in [-0.25, -0.2) is 4.98 Å². The molecule has 0 aliphatic heterocycles. The van der Waals surface area contributed by atoms with Crippen LogP contribution < -0.4 is 5.32 Å². The van der Waals surface area contributed by atoms with E-state index in [-0.39, 0.29) is 12.4 Å². The maximum atomic E-state index is 12.9. The second-order valence-corrected chi connectivity index (χ2v) is 6.52. The Kier molecular flexibility index (Phi) is 5.82. The minimum absolute atomic E-state index is 0.0327. The summed E-state index contributed by atoms with van der Waals surface area (Å²) in [5.74, 6) is -1.76. The number of carbonyl (C=O) groups is 1. The Morgan fingerprint density at radius 2 is 2.12 bits per heavy atom. The van der Waals surface area contributed by atoms with Gasteiger partial charge in [0.2, 0.25) is 5.76 Å². The van der Waals surface area contributed by atoms with E-state index in [0.717, 1.165) is 16.2 Å². The fourth-order valence-corrected chi connectivity index (χ4v) is 3.00. The molecule has 0 saturated heterocycles. The van der Waals surface area contributed by atoms with E-state index >= 15 is 0 Å². The van der Waals surface area contributed by atoms with Gasteiger partial charge in [0, 0.05) is 23.4 Å². The Bertz CT molecular complexity index is 747. The van der Waals surface area contributed by atoms with Crippen LogP contribution >= 0.6 is 23.4 Å². The van der Waals surface area contributed by atoms with Crippen LogP contribution in [-0.2, 0) is 12.7 Å². The van der Waals surface area contributed by atoms with Crippen LogP contribution in [0.1, 0.15) is 34.6 Å². The van der Waals surface area contributed by atoms with Crippen molar-refractivity contribution in [1.82, 2.24) is 10.3 Å². The lowest BCUT2D eigenvalue weighted by Gasteiger charge is -2.10. The summed E-state index contributed by atoms with van der Waals surface area (Å²) in [7, 11) is 0. The Morgan fingerprint density at radius 3 is 2.75 bits per heavy atom. The molecule has 0 fully saturated rings. The minimum Gasteiger partial charge on any atom is -0.436 e. The predicted octanol–water partition coefficient (Wildman–Crippen LogP) is 4.70. The van der Waals surface area contributed by atoms with Gasteiger partial charge in [-0.15, -0.1) is 11.8 Å². The van der Waals surface area contributed by atoms with Gasteiger partial charge in [0.25, 0.3) is 5.91 Å². The summed E-state index contributed by atoms with van der Waals surface area (Å²) in [6.45, 7) is 3.25. The number of aryl methyl sites for hydroxylation is 1. The third kappa shape index (κ3) is 4.45. The molecule has 130 valence electrons. The predicted molar refractivity (Wildman–Crippen MR) is 85.3 cm³/mol. The zero-order chi connectivity index (χ0) is 17.9. The Hall–Kier alpha value is -1.67. The summed E-state index contributed by atoms with van der Waals surface area (Å²) in [6.07, 6.45) is -4.78. The van der Waals surface area contributed by atoms with Crippen LogP contribution in [0.4, 0.5) is 13.2 Å². The monoisotopic (exact) mass is 378 g/mol. The molecular formula is C15H14ClF3N2O2S. The summed E-state index contributed by atoms with van der Waals surface area (Å²) in [6, 6.07) is 5.19. The van der Waals surface area contributed by atoms with Crippen LogP contribution in [0.3, 0.4) is 0 Å². The lowest BCUT2D eigenvalue weighted by atomic mass is 10.2. The smallest absolute Gasteiger partial charge is 0.436 e. The molecule has 1 amide bonds. The number of amides is 1. The number of aromatic nitrogens is 1. The summed E-state index contributed by atoms with van der Waals surface area (Å²) in [4.78, 5) is 16.5. The van der Waals surface area contributed by atoms with Crippen LogP contribution in [0.15, 0.2) is 27.5 Å².